The first kappa shape index (κ1) is 22.8. The number of benzene rings is 3. The van der Waals surface area contributed by atoms with E-state index in [1.165, 1.54) is 7.11 Å². The molecule has 0 saturated heterocycles. The molecule has 0 aliphatic carbocycles. The zero-order valence-electron chi connectivity index (χ0n) is 19.0. The number of para-hydroxylation sites is 1. The summed E-state index contributed by atoms with van der Waals surface area (Å²) in [5.41, 5.74) is 7.50. The molecule has 2 amide bonds. The molecule has 1 heterocycles. The van der Waals surface area contributed by atoms with Crippen molar-refractivity contribution in [3.8, 4) is 11.5 Å². The van der Waals surface area contributed by atoms with Crippen molar-refractivity contribution in [3.63, 3.8) is 0 Å². The van der Waals surface area contributed by atoms with Crippen LogP contribution in [0.25, 0.3) is 0 Å². The van der Waals surface area contributed by atoms with Gasteiger partial charge in [-0.1, -0.05) is 48.5 Å². The third-order valence-corrected chi connectivity index (χ3v) is 5.39. The summed E-state index contributed by atoms with van der Waals surface area (Å²) in [6.45, 7) is 2.34. The lowest BCUT2D eigenvalue weighted by Crippen LogP contribution is -2.44. The summed E-state index contributed by atoms with van der Waals surface area (Å²) in [5.74, 6) is 0.0301. The van der Waals surface area contributed by atoms with Crippen molar-refractivity contribution in [1.29, 1.82) is 0 Å². The van der Waals surface area contributed by atoms with E-state index in [1.54, 1.807) is 18.2 Å². The first-order valence-corrected chi connectivity index (χ1v) is 11.0. The number of hydrogen-bond acceptors (Lipinski definition) is 6. The van der Waals surface area contributed by atoms with Crippen LogP contribution < -0.4 is 25.3 Å². The monoisotopic (exact) mass is 458 g/mol. The second kappa shape index (κ2) is 10.5. The second-order valence-electron chi connectivity index (χ2n) is 7.56. The first-order valence-electron chi connectivity index (χ1n) is 11.0. The number of hydrogen-bond donors (Lipinski definition) is 2. The molecule has 0 saturated carbocycles. The molecule has 3 aromatic carbocycles. The lowest BCUT2D eigenvalue weighted by Gasteiger charge is -2.23. The lowest BCUT2D eigenvalue weighted by atomic mass is 10.0. The number of anilines is 1. The van der Waals surface area contributed by atoms with Crippen LogP contribution in [0.2, 0.25) is 0 Å². The number of carbonyl (C=O) groups excluding carboxylic acids is 2. The number of nitrogens with one attached hydrogen (secondary N) is 2. The maximum Gasteiger partial charge on any atom is 0.285 e. The summed E-state index contributed by atoms with van der Waals surface area (Å²) < 4.78 is 10.8. The van der Waals surface area contributed by atoms with Crippen LogP contribution in [-0.2, 0) is 4.79 Å². The van der Waals surface area contributed by atoms with Crippen LogP contribution in [0.3, 0.4) is 0 Å². The maximum absolute atomic E-state index is 12.9. The van der Waals surface area contributed by atoms with Gasteiger partial charge >= 0.3 is 0 Å². The Bertz CT molecular complexity index is 1180. The van der Waals surface area contributed by atoms with Crippen molar-refractivity contribution in [2.24, 2.45) is 5.10 Å². The molecule has 0 radical (unpaired) electrons. The van der Waals surface area contributed by atoms with Gasteiger partial charge in [0.05, 0.1) is 25.4 Å². The SMILES string of the molecule is CCOc1ccc(C(=O)NNC(=O)C2=NN(c3ccccc3)C(c3ccccc3)C2)cc1OC. The minimum absolute atomic E-state index is 0.129. The Labute approximate surface area is 198 Å². The molecule has 3 aromatic rings. The molecule has 34 heavy (non-hydrogen) atoms. The Hall–Kier alpha value is -4.33. The van der Waals surface area contributed by atoms with Crippen molar-refractivity contribution in [3.05, 3.63) is 90.0 Å². The highest BCUT2D eigenvalue weighted by Gasteiger charge is 2.32. The van der Waals surface area contributed by atoms with Gasteiger partial charge in [-0.15, -0.1) is 0 Å². The molecule has 1 unspecified atom stereocenters. The zero-order chi connectivity index (χ0) is 23.9. The molecule has 1 aliphatic rings. The van der Waals surface area contributed by atoms with Gasteiger partial charge in [0, 0.05) is 12.0 Å². The van der Waals surface area contributed by atoms with Crippen LogP contribution >= 0.6 is 0 Å². The number of hydrazine groups is 1. The van der Waals surface area contributed by atoms with Gasteiger partial charge in [-0.25, -0.2) is 0 Å². The highest BCUT2D eigenvalue weighted by atomic mass is 16.5. The van der Waals surface area contributed by atoms with E-state index >= 15 is 0 Å². The third-order valence-electron chi connectivity index (χ3n) is 5.39. The molecule has 1 aliphatic heterocycles. The molecular weight excluding hydrogens is 432 g/mol. The Kier molecular flexibility index (Phi) is 7.07. The topological polar surface area (TPSA) is 92.3 Å². The lowest BCUT2D eigenvalue weighted by molar-refractivity contribution is -0.115. The van der Waals surface area contributed by atoms with Crippen LogP contribution in [0.5, 0.6) is 11.5 Å². The Morgan fingerprint density at radius 1 is 0.941 bits per heavy atom. The molecule has 174 valence electrons. The third kappa shape index (κ3) is 5.01. The van der Waals surface area contributed by atoms with Crippen LogP contribution in [0.4, 0.5) is 5.69 Å². The van der Waals surface area contributed by atoms with E-state index in [-0.39, 0.29) is 6.04 Å². The van der Waals surface area contributed by atoms with Gasteiger partial charge in [-0.3, -0.25) is 25.4 Å². The van der Waals surface area contributed by atoms with Gasteiger partial charge in [-0.05, 0) is 42.8 Å². The fourth-order valence-electron chi connectivity index (χ4n) is 3.74. The van der Waals surface area contributed by atoms with Crippen molar-refractivity contribution in [2.75, 3.05) is 18.7 Å². The summed E-state index contributed by atoms with van der Waals surface area (Å²) >= 11 is 0. The molecule has 0 bridgehead atoms. The Balaban J connectivity index is 1.47. The normalized spacial score (nSPS) is 14.8. The number of carbonyl (C=O) groups is 2. The van der Waals surface area contributed by atoms with E-state index in [0.717, 1.165) is 11.3 Å². The number of ether oxygens (including phenoxy) is 2. The van der Waals surface area contributed by atoms with Crippen molar-refractivity contribution in [1.82, 2.24) is 10.9 Å². The van der Waals surface area contributed by atoms with Crippen LogP contribution in [0, 0.1) is 0 Å². The van der Waals surface area contributed by atoms with E-state index in [0.29, 0.717) is 35.8 Å². The summed E-state index contributed by atoms with van der Waals surface area (Å²) in [4.78, 5) is 25.5. The van der Waals surface area contributed by atoms with Crippen molar-refractivity contribution >= 4 is 23.2 Å². The largest absolute Gasteiger partial charge is 0.493 e. The van der Waals surface area contributed by atoms with Crippen LogP contribution in [0.15, 0.2) is 84.0 Å². The average molecular weight is 459 g/mol. The van der Waals surface area contributed by atoms with E-state index in [1.807, 2.05) is 72.6 Å². The Morgan fingerprint density at radius 2 is 1.62 bits per heavy atom. The van der Waals surface area contributed by atoms with Gasteiger partial charge < -0.3 is 9.47 Å². The number of rotatable bonds is 7. The number of methoxy groups -OCH3 is 1. The summed E-state index contributed by atoms with van der Waals surface area (Å²) in [7, 11) is 1.50. The van der Waals surface area contributed by atoms with Gasteiger partial charge in [0.2, 0.25) is 0 Å². The van der Waals surface area contributed by atoms with E-state index in [2.05, 4.69) is 16.0 Å². The van der Waals surface area contributed by atoms with Gasteiger partial charge in [0.1, 0.15) is 5.71 Å². The molecule has 8 heteroatoms. The van der Waals surface area contributed by atoms with Crippen LogP contribution in [0.1, 0.15) is 35.3 Å². The fraction of sp³-hybridized carbons (Fsp3) is 0.192. The smallest absolute Gasteiger partial charge is 0.285 e. The van der Waals surface area contributed by atoms with Gasteiger partial charge in [0.15, 0.2) is 11.5 Å². The molecule has 1 atom stereocenters. The fourth-order valence-corrected chi connectivity index (χ4v) is 3.74. The molecule has 0 spiro atoms. The average Bonchev–Trinajstić information content (AvgIpc) is 3.34. The molecule has 0 fully saturated rings. The predicted octanol–water partition coefficient (Wildman–Crippen LogP) is 3.86. The van der Waals surface area contributed by atoms with Gasteiger partial charge in [-0.2, -0.15) is 5.10 Å². The molecule has 8 nitrogen and oxygen atoms in total. The predicted molar refractivity (Wildman–Crippen MR) is 130 cm³/mol. The molecule has 0 aromatic heterocycles. The minimum Gasteiger partial charge on any atom is -0.493 e. The Morgan fingerprint density at radius 3 is 2.29 bits per heavy atom. The zero-order valence-corrected chi connectivity index (χ0v) is 19.0. The standard InChI is InChI=1S/C26H26N4O4/c1-3-34-23-15-14-19(16-24(23)33-2)25(31)27-28-26(32)21-17-22(18-10-6-4-7-11-18)30(29-21)20-12-8-5-9-13-20/h4-16,22H,3,17H2,1-2H3,(H,27,31)(H,28,32). The maximum atomic E-state index is 12.9. The summed E-state index contributed by atoms with van der Waals surface area (Å²) in [5, 5.41) is 6.41. The highest BCUT2D eigenvalue weighted by Crippen LogP contribution is 2.35. The number of amides is 2. The van der Waals surface area contributed by atoms with Gasteiger partial charge in [0.25, 0.3) is 11.8 Å². The van der Waals surface area contributed by atoms with Crippen molar-refractivity contribution < 1.29 is 19.1 Å². The highest BCUT2D eigenvalue weighted by molar-refractivity contribution is 6.39. The molecule has 2 N–H and O–H groups in total. The van der Waals surface area contributed by atoms with Crippen molar-refractivity contribution in [2.45, 2.75) is 19.4 Å². The molecule has 4 rings (SSSR count). The number of hydrazone groups is 1. The van der Waals surface area contributed by atoms with E-state index < -0.39 is 11.8 Å². The summed E-state index contributed by atoms with van der Waals surface area (Å²) in [6.07, 6.45) is 0.400. The van der Waals surface area contributed by atoms with E-state index in [9.17, 15) is 9.59 Å². The van der Waals surface area contributed by atoms with Crippen LogP contribution in [-0.4, -0.2) is 31.2 Å². The minimum atomic E-state index is -0.479. The quantitative estimate of drug-likeness (QED) is 0.525. The summed E-state index contributed by atoms with van der Waals surface area (Å²) in [6, 6.07) is 24.3. The molecular formula is C26H26N4O4. The first-order chi connectivity index (χ1) is 16.6. The van der Waals surface area contributed by atoms with E-state index in [4.69, 9.17) is 9.47 Å². The number of nitrogens with zero attached hydrogens (tertiary/aromatic N) is 2. The second-order valence-corrected chi connectivity index (χ2v) is 7.56.